The Morgan fingerprint density at radius 3 is 2.44 bits per heavy atom. The van der Waals surface area contributed by atoms with E-state index < -0.39 is 23.9 Å². The Bertz CT molecular complexity index is 1200. The third kappa shape index (κ3) is 5.34. The van der Waals surface area contributed by atoms with Gasteiger partial charge >= 0.3 is 11.9 Å². The van der Waals surface area contributed by atoms with Gasteiger partial charge in [0.2, 0.25) is 0 Å². The van der Waals surface area contributed by atoms with Gasteiger partial charge in [-0.3, -0.25) is 14.4 Å². The molecular formula is C22H24N4O6. The second-order valence-electron chi connectivity index (χ2n) is 7.36. The minimum atomic E-state index is -1.29. The second kappa shape index (κ2) is 9.82. The van der Waals surface area contributed by atoms with Crippen molar-refractivity contribution in [2.24, 2.45) is 0 Å². The number of aromatic amines is 2. The van der Waals surface area contributed by atoms with Crippen LogP contribution >= 0.6 is 0 Å². The molecule has 0 fully saturated rings. The number of aliphatic carboxylic acids is 2. The van der Waals surface area contributed by atoms with Crippen molar-refractivity contribution in [3.8, 4) is 0 Å². The summed E-state index contributed by atoms with van der Waals surface area (Å²) in [5.74, 6) is -2.38. The van der Waals surface area contributed by atoms with E-state index in [1.54, 1.807) is 31.3 Å². The summed E-state index contributed by atoms with van der Waals surface area (Å²) in [6, 6.07) is 7.25. The molecule has 0 unspecified atom stereocenters. The molecule has 2 aromatic heterocycles. The Morgan fingerprint density at radius 2 is 1.81 bits per heavy atom. The second-order valence-corrected chi connectivity index (χ2v) is 7.36. The van der Waals surface area contributed by atoms with Crippen molar-refractivity contribution in [1.82, 2.24) is 15.3 Å². The highest BCUT2D eigenvalue weighted by Gasteiger charge is 2.21. The fourth-order valence-electron chi connectivity index (χ4n) is 3.43. The van der Waals surface area contributed by atoms with Gasteiger partial charge in [0, 0.05) is 31.3 Å². The molecule has 0 aliphatic rings. The van der Waals surface area contributed by atoms with Crippen LogP contribution in [0, 0.1) is 0 Å². The molecule has 0 bridgehead atoms. The zero-order chi connectivity index (χ0) is 23.3. The van der Waals surface area contributed by atoms with E-state index in [0.29, 0.717) is 24.0 Å². The lowest BCUT2D eigenvalue weighted by atomic mass is 10.0. The number of carbonyl (C=O) groups is 3. The molecule has 0 radical (unpaired) electrons. The average Bonchev–Trinajstić information content (AvgIpc) is 3.18. The largest absolute Gasteiger partial charge is 0.481 e. The number of H-pyrrole nitrogens is 2. The molecule has 0 aliphatic heterocycles. The maximum atomic E-state index is 12.4. The van der Waals surface area contributed by atoms with Crippen LogP contribution in [-0.2, 0) is 22.4 Å². The quantitative estimate of drug-likeness (QED) is 0.279. The van der Waals surface area contributed by atoms with Crippen LogP contribution in [0.2, 0.25) is 0 Å². The minimum Gasteiger partial charge on any atom is -0.481 e. The van der Waals surface area contributed by atoms with Gasteiger partial charge in [0.1, 0.15) is 11.9 Å². The van der Waals surface area contributed by atoms with E-state index in [9.17, 15) is 24.3 Å². The van der Waals surface area contributed by atoms with Gasteiger partial charge in [-0.25, -0.2) is 4.79 Å². The molecule has 2 heterocycles. The average molecular weight is 440 g/mol. The maximum absolute atomic E-state index is 12.4. The lowest BCUT2D eigenvalue weighted by Crippen LogP contribution is -2.41. The van der Waals surface area contributed by atoms with Gasteiger partial charge in [0.15, 0.2) is 0 Å². The Labute approximate surface area is 182 Å². The highest BCUT2D eigenvalue weighted by Crippen LogP contribution is 2.18. The van der Waals surface area contributed by atoms with Gasteiger partial charge in [-0.1, -0.05) is 12.1 Å². The number of anilines is 1. The smallest absolute Gasteiger partial charge is 0.326 e. The molecule has 0 aliphatic carbocycles. The molecule has 6 N–H and O–H groups in total. The summed E-state index contributed by atoms with van der Waals surface area (Å²) in [6.07, 6.45) is 2.50. The third-order valence-electron chi connectivity index (χ3n) is 5.18. The first-order valence-electron chi connectivity index (χ1n) is 10.0. The van der Waals surface area contributed by atoms with E-state index in [-0.39, 0.29) is 24.0 Å². The van der Waals surface area contributed by atoms with Crippen LogP contribution in [0.15, 0.2) is 41.3 Å². The van der Waals surface area contributed by atoms with E-state index in [0.717, 1.165) is 16.6 Å². The maximum Gasteiger partial charge on any atom is 0.326 e. The van der Waals surface area contributed by atoms with Crippen LogP contribution < -0.4 is 16.2 Å². The third-order valence-corrected chi connectivity index (χ3v) is 5.18. The van der Waals surface area contributed by atoms with Crippen molar-refractivity contribution in [2.45, 2.75) is 31.7 Å². The predicted octanol–water partition coefficient (Wildman–Crippen LogP) is 1.73. The number of hydrogen-bond acceptors (Lipinski definition) is 5. The Kier molecular flexibility index (Phi) is 6.93. The van der Waals surface area contributed by atoms with Crippen LogP contribution in [0.4, 0.5) is 5.82 Å². The molecule has 0 saturated carbocycles. The van der Waals surface area contributed by atoms with Crippen molar-refractivity contribution < 1.29 is 24.6 Å². The summed E-state index contributed by atoms with van der Waals surface area (Å²) in [7, 11) is 1.72. The highest BCUT2D eigenvalue weighted by atomic mass is 16.4. The van der Waals surface area contributed by atoms with Gasteiger partial charge in [0.25, 0.3) is 11.5 Å². The number of nitrogens with one attached hydrogen (secondary N) is 4. The molecular weight excluding hydrogens is 416 g/mol. The SMILES string of the molecule is CNc1cc2[nH]cc(CCc3ccc(C(=O)N[C@@H](CCC(=O)O)C(=O)O)cc3)c2c(=O)[nH]1. The van der Waals surface area contributed by atoms with Crippen LogP contribution in [-0.4, -0.2) is 51.1 Å². The van der Waals surface area contributed by atoms with E-state index in [1.165, 1.54) is 0 Å². The molecule has 168 valence electrons. The van der Waals surface area contributed by atoms with Crippen molar-refractivity contribution in [2.75, 3.05) is 12.4 Å². The zero-order valence-electron chi connectivity index (χ0n) is 17.4. The number of hydrogen-bond donors (Lipinski definition) is 6. The summed E-state index contributed by atoms with van der Waals surface area (Å²) in [4.78, 5) is 52.5. The van der Waals surface area contributed by atoms with Gasteiger partial charge in [-0.15, -0.1) is 0 Å². The zero-order valence-corrected chi connectivity index (χ0v) is 17.4. The van der Waals surface area contributed by atoms with Gasteiger partial charge < -0.3 is 30.8 Å². The van der Waals surface area contributed by atoms with Crippen LogP contribution in [0.25, 0.3) is 10.9 Å². The van der Waals surface area contributed by atoms with Crippen molar-refractivity contribution in [3.63, 3.8) is 0 Å². The molecule has 1 atom stereocenters. The van der Waals surface area contributed by atoms with Crippen molar-refractivity contribution in [1.29, 1.82) is 0 Å². The topological polar surface area (TPSA) is 164 Å². The summed E-state index contributed by atoms with van der Waals surface area (Å²) in [5.41, 5.74) is 2.67. The number of carbonyl (C=O) groups excluding carboxylic acids is 1. The first-order valence-corrected chi connectivity index (χ1v) is 10.0. The number of rotatable bonds is 10. The number of pyridine rings is 1. The van der Waals surface area contributed by atoms with Crippen LogP contribution in [0.3, 0.4) is 0 Å². The summed E-state index contributed by atoms with van der Waals surface area (Å²) in [5, 5.41) is 23.7. The molecule has 0 saturated heterocycles. The lowest BCUT2D eigenvalue weighted by molar-refractivity contribution is -0.140. The van der Waals surface area contributed by atoms with Crippen LogP contribution in [0.1, 0.15) is 34.3 Å². The minimum absolute atomic E-state index is 0.175. The molecule has 3 rings (SSSR count). The molecule has 1 aromatic carbocycles. The lowest BCUT2D eigenvalue weighted by Gasteiger charge is -2.13. The van der Waals surface area contributed by atoms with Gasteiger partial charge in [-0.2, -0.15) is 0 Å². The normalized spacial score (nSPS) is 11.8. The predicted molar refractivity (Wildman–Crippen MR) is 118 cm³/mol. The number of carboxylic acid groups (broad SMARTS) is 2. The fourth-order valence-corrected chi connectivity index (χ4v) is 3.43. The molecule has 32 heavy (non-hydrogen) atoms. The molecule has 1 amide bonds. The number of carboxylic acids is 2. The molecule has 0 spiro atoms. The Hall–Kier alpha value is -4.08. The number of benzene rings is 1. The molecule has 3 aromatic rings. The Morgan fingerprint density at radius 1 is 1.09 bits per heavy atom. The van der Waals surface area contributed by atoms with E-state index in [2.05, 4.69) is 20.6 Å². The summed E-state index contributed by atoms with van der Waals surface area (Å²) in [6.45, 7) is 0. The fraction of sp³-hybridized carbons (Fsp3) is 0.273. The van der Waals surface area contributed by atoms with Crippen LogP contribution in [0.5, 0.6) is 0 Å². The number of aryl methyl sites for hydroxylation is 2. The summed E-state index contributed by atoms with van der Waals surface area (Å²) < 4.78 is 0. The monoisotopic (exact) mass is 440 g/mol. The highest BCUT2D eigenvalue weighted by molar-refractivity contribution is 5.96. The number of aromatic nitrogens is 2. The molecule has 10 heteroatoms. The van der Waals surface area contributed by atoms with E-state index in [4.69, 9.17) is 5.11 Å². The number of fused-ring (bicyclic) bond motifs is 1. The van der Waals surface area contributed by atoms with Gasteiger partial charge in [-0.05, 0) is 42.5 Å². The van der Waals surface area contributed by atoms with Crippen molar-refractivity contribution >= 4 is 34.6 Å². The first kappa shape index (κ1) is 22.6. The Balaban J connectivity index is 1.64. The van der Waals surface area contributed by atoms with E-state index >= 15 is 0 Å². The van der Waals surface area contributed by atoms with E-state index in [1.807, 2.05) is 12.3 Å². The number of amides is 1. The molecule has 10 nitrogen and oxygen atoms in total. The standard InChI is InChI=1S/C22H24N4O6/c1-23-17-10-16-19(21(30)26-17)14(11-24-16)7-4-12-2-5-13(6-3-12)20(29)25-15(22(31)32)8-9-18(27)28/h2-3,5-6,10-11,15,24H,4,7-9H2,1H3,(H,25,29)(H,27,28)(H,31,32)(H2,23,26,30)/t15-/m0/s1. The van der Waals surface area contributed by atoms with Gasteiger partial charge in [0.05, 0.1) is 10.9 Å². The first-order chi connectivity index (χ1) is 15.3. The summed E-state index contributed by atoms with van der Waals surface area (Å²) >= 11 is 0. The van der Waals surface area contributed by atoms with Crippen molar-refractivity contribution in [3.05, 3.63) is 63.6 Å².